The maximum Gasteiger partial charge on any atom is 0.292 e. The SMILES string of the molecule is CS(=O)(=O)NCCCNc1cc(C(N)=O)ccc1[N+](=O)[O-]. The van der Waals surface area contributed by atoms with Crippen molar-refractivity contribution in [2.24, 2.45) is 5.73 Å². The molecule has 1 aromatic carbocycles. The molecule has 0 bridgehead atoms. The number of amides is 1. The Hall–Kier alpha value is -2.20. The second-order valence-corrected chi connectivity index (χ2v) is 6.13. The summed E-state index contributed by atoms with van der Waals surface area (Å²) in [5, 5.41) is 13.7. The molecular weight excluding hydrogens is 300 g/mol. The Labute approximate surface area is 121 Å². The number of carbonyl (C=O) groups excluding carboxylic acids is 1. The fourth-order valence-electron chi connectivity index (χ4n) is 1.56. The third-order valence-electron chi connectivity index (χ3n) is 2.51. The summed E-state index contributed by atoms with van der Waals surface area (Å²) in [5.74, 6) is -0.688. The summed E-state index contributed by atoms with van der Waals surface area (Å²) in [6.45, 7) is 0.501. The van der Waals surface area contributed by atoms with Crippen LogP contribution in [-0.2, 0) is 10.0 Å². The van der Waals surface area contributed by atoms with E-state index in [-0.39, 0.29) is 23.5 Å². The van der Waals surface area contributed by atoms with Crippen molar-refractivity contribution in [1.29, 1.82) is 0 Å². The van der Waals surface area contributed by atoms with Gasteiger partial charge in [-0.05, 0) is 18.6 Å². The second-order valence-electron chi connectivity index (χ2n) is 4.30. The Morgan fingerprint density at radius 2 is 2.05 bits per heavy atom. The highest BCUT2D eigenvalue weighted by Crippen LogP contribution is 2.25. The van der Waals surface area contributed by atoms with Crippen molar-refractivity contribution in [3.05, 3.63) is 33.9 Å². The summed E-state index contributed by atoms with van der Waals surface area (Å²) in [6, 6.07) is 3.76. The van der Waals surface area contributed by atoms with Crippen molar-refractivity contribution >= 4 is 27.3 Å². The summed E-state index contributed by atoms with van der Waals surface area (Å²) in [7, 11) is -3.26. The Bertz CT molecular complexity index is 644. The molecule has 0 aliphatic carbocycles. The van der Waals surface area contributed by atoms with Gasteiger partial charge in [0.05, 0.1) is 11.2 Å². The Morgan fingerprint density at radius 1 is 1.38 bits per heavy atom. The standard InChI is InChI=1S/C11H16N4O5S/c1-21(19,20)14-6-2-5-13-9-7-8(11(12)16)3-4-10(9)15(17)18/h3-4,7,13-14H,2,5-6H2,1H3,(H2,12,16). The maximum atomic E-state index is 11.1. The molecule has 0 aliphatic heterocycles. The maximum absolute atomic E-state index is 11.1. The lowest BCUT2D eigenvalue weighted by Gasteiger charge is -2.08. The van der Waals surface area contributed by atoms with Gasteiger partial charge < -0.3 is 11.1 Å². The molecule has 0 unspecified atom stereocenters. The van der Waals surface area contributed by atoms with Crippen molar-refractivity contribution in [2.45, 2.75) is 6.42 Å². The minimum absolute atomic E-state index is 0.150. The van der Waals surface area contributed by atoms with Gasteiger partial charge in [-0.1, -0.05) is 0 Å². The van der Waals surface area contributed by atoms with Crippen LogP contribution in [0.5, 0.6) is 0 Å². The van der Waals surface area contributed by atoms with E-state index in [0.717, 1.165) is 6.26 Å². The molecule has 0 saturated heterocycles. The molecule has 9 nitrogen and oxygen atoms in total. The van der Waals surface area contributed by atoms with Crippen LogP contribution in [0.3, 0.4) is 0 Å². The van der Waals surface area contributed by atoms with Crippen LogP contribution in [0.25, 0.3) is 0 Å². The summed E-state index contributed by atoms with van der Waals surface area (Å²) in [5.41, 5.74) is 5.25. The number of primary amides is 1. The van der Waals surface area contributed by atoms with E-state index in [1.54, 1.807) is 0 Å². The quantitative estimate of drug-likeness (QED) is 0.351. The molecule has 1 aromatic rings. The minimum atomic E-state index is -3.26. The average molecular weight is 316 g/mol. The fraction of sp³-hybridized carbons (Fsp3) is 0.364. The normalized spacial score (nSPS) is 11.1. The fourth-order valence-corrected chi connectivity index (χ4v) is 2.07. The third-order valence-corrected chi connectivity index (χ3v) is 3.24. The summed E-state index contributed by atoms with van der Waals surface area (Å²) >= 11 is 0. The number of benzene rings is 1. The van der Waals surface area contributed by atoms with E-state index >= 15 is 0 Å². The lowest BCUT2D eigenvalue weighted by atomic mass is 10.1. The summed E-state index contributed by atoms with van der Waals surface area (Å²) in [6.07, 6.45) is 1.46. The highest BCUT2D eigenvalue weighted by Gasteiger charge is 2.15. The van der Waals surface area contributed by atoms with Crippen molar-refractivity contribution in [3.8, 4) is 0 Å². The number of sulfonamides is 1. The smallest absolute Gasteiger partial charge is 0.292 e. The van der Waals surface area contributed by atoms with Crippen LogP contribution in [0, 0.1) is 10.1 Å². The number of nitro benzene ring substituents is 1. The molecule has 0 spiro atoms. The lowest BCUT2D eigenvalue weighted by molar-refractivity contribution is -0.384. The zero-order valence-corrected chi connectivity index (χ0v) is 12.1. The van der Waals surface area contributed by atoms with Crippen molar-refractivity contribution in [2.75, 3.05) is 24.7 Å². The van der Waals surface area contributed by atoms with Crippen molar-refractivity contribution < 1.29 is 18.1 Å². The largest absolute Gasteiger partial charge is 0.379 e. The topological polar surface area (TPSA) is 144 Å². The van der Waals surface area contributed by atoms with Gasteiger partial charge in [0.25, 0.3) is 5.69 Å². The molecule has 4 N–H and O–H groups in total. The number of nitro groups is 1. The van der Waals surface area contributed by atoms with Crippen molar-refractivity contribution in [3.63, 3.8) is 0 Å². The number of anilines is 1. The molecule has 0 aromatic heterocycles. The molecule has 0 fully saturated rings. The zero-order chi connectivity index (χ0) is 16.0. The number of hydrogen-bond donors (Lipinski definition) is 3. The Balaban J connectivity index is 2.70. The summed E-state index contributed by atoms with van der Waals surface area (Å²) < 4.78 is 24.0. The molecule has 0 saturated carbocycles. The molecule has 10 heteroatoms. The molecule has 0 heterocycles. The van der Waals surface area contributed by atoms with Gasteiger partial charge in [0.1, 0.15) is 5.69 Å². The molecule has 0 atom stereocenters. The van der Waals surface area contributed by atoms with Gasteiger partial charge in [0.15, 0.2) is 0 Å². The Kier molecular flexibility index (Phi) is 5.61. The van der Waals surface area contributed by atoms with Crippen LogP contribution in [0.4, 0.5) is 11.4 Å². The first-order valence-corrected chi connectivity index (χ1v) is 7.86. The van der Waals surface area contributed by atoms with Gasteiger partial charge in [0, 0.05) is 24.7 Å². The van der Waals surface area contributed by atoms with E-state index in [2.05, 4.69) is 10.0 Å². The van der Waals surface area contributed by atoms with Gasteiger partial charge in [-0.15, -0.1) is 0 Å². The molecule has 1 rings (SSSR count). The molecule has 1 amide bonds. The average Bonchev–Trinajstić information content (AvgIpc) is 2.36. The van der Waals surface area contributed by atoms with Gasteiger partial charge in [-0.2, -0.15) is 0 Å². The highest BCUT2D eigenvalue weighted by atomic mass is 32.2. The van der Waals surface area contributed by atoms with Crippen LogP contribution < -0.4 is 15.8 Å². The van der Waals surface area contributed by atoms with Gasteiger partial charge in [-0.3, -0.25) is 14.9 Å². The first-order valence-electron chi connectivity index (χ1n) is 5.97. The van der Waals surface area contributed by atoms with Crippen LogP contribution in [0.2, 0.25) is 0 Å². The lowest BCUT2D eigenvalue weighted by Crippen LogP contribution is -2.24. The first-order chi connectivity index (χ1) is 9.70. The highest BCUT2D eigenvalue weighted by molar-refractivity contribution is 7.88. The van der Waals surface area contributed by atoms with Crippen LogP contribution in [-0.4, -0.2) is 38.6 Å². The molecular formula is C11H16N4O5S. The van der Waals surface area contributed by atoms with Gasteiger partial charge >= 0.3 is 0 Å². The minimum Gasteiger partial charge on any atom is -0.379 e. The van der Waals surface area contributed by atoms with E-state index in [4.69, 9.17) is 5.73 Å². The second kappa shape index (κ2) is 6.99. The third kappa shape index (κ3) is 5.75. The van der Waals surface area contributed by atoms with Gasteiger partial charge in [-0.25, -0.2) is 13.1 Å². The molecule has 0 aliphatic rings. The predicted octanol–water partition coefficient (Wildman–Crippen LogP) is 0.0449. The monoisotopic (exact) mass is 316 g/mol. The predicted molar refractivity (Wildman–Crippen MR) is 77.6 cm³/mol. The first kappa shape index (κ1) is 16.9. The number of nitrogens with two attached hydrogens (primary N) is 1. The zero-order valence-electron chi connectivity index (χ0n) is 11.3. The summed E-state index contributed by atoms with van der Waals surface area (Å²) in [4.78, 5) is 21.4. The van der Waals surface area contributed by atoms with E-state index in [9.17, 15) is 23.3 Å². The number of rotatable bonds is 8. The number of nitrogens with zero attached hydrogens (tertiary/aromatic N) is 1. The van der Waals surface area contributed by atoms with Gasteiger partial charge in [0.2, 0.25) is 15.9 Å². The van der Waals surface area contributed by atoms with Crippen LogP contribution in [0.1, 0.15) is 16.8 Å². The van der Waals surface area contributed by atoms with E-state index in [1.807, 2.05) is 0 Å². The number of carbonyl (C=O) groups is 1. The van der Waals surface area contributed by atoms with Crippen LogP contribution in [0.15, 0.2) is 18.2 Å². The van der Waals surface area contributed by atoms with Crippen LogP contribution >= 0.6 is 0 Å². The molecule has 0 radical (unpaired) electrons. The Morgan fingerprint density at radius 3 is 2.57 bits per heavy atom. The van der Waals surface area contributed by atoms with E-state index in [1.165, 1.54) is 18.2 Å². The number of nitrogens with one attached hydrogen (secondary N) is 2. The molecule has 116 valence electrons. The number of hydrogen-bond acceptors (Lipinski definition) is 6. The van der Waals surface area contributed by atoms with E-state index < -0.39 is 20.9 Å². The van der Waals surface area contributed by atoms with E-state index in [0.29, 0.717) is 13.0 Å². The molecule has 21 heavy (non-hydrogen) atoms. The van der Waals surface area contributed by atoms with Crippen molar-refractivity contribution in [1.82, 2.24) is 4.72 Å².